The summed E-state index contributed by atoms with van der Waals surface area (Å²) >= 11 is 11.2. The Kier molecular flexibility index (Phi) is 4.93. The van der Waals surface area contributed by atoms with E-state index < -0.39 is 67.4 Å². The number of pyridine rings is 1. The summed E-state index contributed by atoms with van der Waals surface area (Å²) in [5, 5.41) is 17.0. The molecule has 1 aromatic carbocycles. The number of carbonyl (C=O) groups is 2. The van der Waals surface area contributed by atoms with E-state index in [4.69, 9.17) is 28.9 Å². The fourth-order valence-electron chi connectivity index (χ4n) is 2.28. The van der Waals surface area contributed by atoms with Crippen molar-refractivity contribution < 1.29 is 33.0 Å². The van der Waals surface area contributed by atoms with Gasteiger partial charge in [-0.2, -0.15) is 13.2 Å². The third kappa shape index (κ3) is 3.33. The largest absolute Gasteiger partial charge is 0.478 e. The summed E-state index contributed by atoms with van der Waals surface area (Å²) < 4.78 is 39.4. The van der Waals surface area contributed by atoms with Crippen molar-refractivity contribution in [2.75, 3.05) is 5.73 Å². The number of alkyl halides is 3. The van der Waals surface area contributed by atoms with Gasteiger partial charge in [0.1, 0.15) is 16.9 Å². The van der Waals surface area contributed by atoms with Gasteiger partial charge in [-0.25, -0.2) is 9.59 Å². The number of aromatic nitrogens is 1. The lowest BCUT2D eigenvalue weighted by Gasteiger charge is -2.16. The second-order valence-corrected chi connectivity index (χ2v) is 5.71. The van der Waals surface area contributed by atoms with Crippen LogP contribution >= 0.6 is 23.2 Å². The van der Waals surface area contributed by atoms with Crippen molar-refractivity contribution in [1.29, 1.82) is 0 Å². The highest BCUT2D eigenvalue weighted by atomic mass is 35.5. The maximum absolute atomic E-state index is 13.1. The van der Waals surface area contributed by atoms with E-state index in [1.807, 2.05) is 4.98 Å². The summed E-state index contributed by atoms with van der Waals surface area (Å²) in [5.74, 6) is -4.37. The zero-order valence-electron chi connectivity index (χ0n) is 12.2. The first-order valence-corrected chi connectivity index (χ1v) is 7.20. The Morgan fingerprint density at radius 1 is 1.08 bits per heavy atom. The number of aromatic amines is 1. The molecule has 0 saturated carbocycles. The fourth-order valence-corrected chi connectivity index (χ4v) is 2.71. The highest BCUT2D eigenvalue weighted by Crippen LogP contribution is 2.42. The van der Waals surface area contributed by atoms with Crippen LogP contribution in [-0.2, 0) is 6.18 Å². The van der Waals surface area contributed by atoms with Crippen LogP contribution in [0.5, 0.6) is 0 Å². The monoisotopic (exact) mass is 410 g/mol. The molecule has 5 N–H and O–H groups in total. The summed E-state index contributed by atoms with van der Waals surface area (Å²) in [4.78, 5) is 36.6. The number of rotatable bonds is 3. The lowest BCUT2D eigenvalue weighted by molar-refractivity contribution is -0.137. The predicted octanol–water partition coefficient (Wildman–Crippen LogP) is 3.35. The van der Waals surface area contributed by atoms with Gasteiger partial charge >= 0.3 is 18.1 Å². The predicted molar refractivity (Wildman–Crippen MR) is 85.9 cm³/mol. The Labute approximate surface area is 151 Å². The van der Waals surface area contributed by atoms with E-state index in [1.54, 1.807) is 0 Å². The molecule has 1 aromatic heterocycles. The number of carboxylic acids is 2. The Morgan fingerprint density at radius 3 is 2.08 bits per heavy atom. The maximum atomic E-state index is 13.1. The Hall–Kier alpha value is -2.72. The summed E-state index contributed by atoms with van der Waals surface area (Å²) in [5.41, 5.74) is -0.748. The van der Waals surface area contributed by atoms with E-state index in [1.165, 1.54) is 0 Å². The van der Waals surface area contributed by atoms with Gasteiger partial charge in [-0.1, -0.05) is 23.2 Å². The average molecular weight is 411 g/mol. The van der Waals surface area contributed by atoms with Crippen LogP contribution in [0.2, 0.25) is 10.0 Å². The first-order valence-electron chi connectivity index (χ1n) is 6.45. The first kappa shape index (κ1) is 19.6. The van der Waals surface area contributed by atoms with Gasteiger partial charge < -0.3 is 20.9 Å². The summed E-state index contributed by atoms with van der Waals surface area (Å²) in [6, 6.07) is 1.20. The second kappa shape index (κ2) is 6.54. The molecular formula is C14H7Cl2F3N2O5. The van der Waals surface area contributed by atoms with Gasteiger partial charge in [0.25, 0.3) is 5.56 Å². The van der Waals surface area contributed by atoms with Crippen LogP contribution in [0.3, 0.4) is 0 Å². The normalized spacial score (nSPS) is 11.4. The quantitative estimate of drug-likeness (QED) is 0.612. The van der Waals surface area contributed by atoms with Gasteiger partial charge in [0.15, 0.2) is 0 Å². The molecule has 0 aliphatic rings. The number of anilines is 1. The van der Waals surface area contributed by atoms with Crippen LogP contribution in [-0.4, -0.2) is 27.1 Å². The zero-order valence-corrected chi connectivity index (χ0v) is 13.8. The topological polar surface area (TPSA) is 133 Å². The van der Waals surface area contributed by atoms with Crippen LogP contribution < -0.4 is 11.3 Å². The molecule has 0 aliphatic carbocycles. The molecule has 0 atom stereocenters. The Bertz CT molecular complexity index is 1000. The van der Waals surface area contributed by atoms with E-state index in [0.717, 1.165) is 6.07 Å². The molecule has 0 unspecified atom stereocenters. The van der Waals surface area contributed by atoms with E-state index in [0.29, 0.717) is 6.07 Å². The minimum atomic E-state index is -4.98. The molecule has 0 bridgehead atoms. The van der Waals surface area contributed by atoms with Gasteiger partial charge in [-0.15, -0.1) is 0 Å². The number of carboxylic acid groups (broad SMARTS) is 2. The van der Waals surface area contributed by atoms with Crippen LogP contribution in [0.15, 0.2) is 16.9 Å². The first-order chi connectivity index (χ1) is 11.9. The zero-order chi connectivity index (χ0) is 20.0. The minimum Gasteiger partial charge on any atom is -0.478 e. The van der Waals surface area contributed by atoms with Crippen LogP contribution in [0.25, 0.3) is 11.1 Å². The fraction of sp³-hybridized carbons (Fsp3) is 0.0714. The smallest absolute Gasteiger partial charge is 0.417 e. The van der Waals surface area contributed by atoms with Crippen LogP contribution in [0.4, 0.5) is 19.0 Å². The Balaban J connectivity index is 3.06. The number of nitrogens with one attached hydrogen (secondary N) is 1. The molecular weight excluding hydrogens is 404 g/mol. The standard InChI is InChI=1S/C14H7Cl2F3N2O5/c15-5-2-3(1-4(9(5)16)14(17,18)19)6-7(12(23)24)10(20)21-11(22)8(6)13(25)26/h1-2H,(H,23,24)(H,25,26)(H3,20,21,22). The third-order valence-corrected chi connectivity index (χ3v) is 4.10. The molecule has 0 radical (unpaired) electrons. The SMILES string of the molecule is Nc1[nH]c(=O)c(C(=O)O)c(-c2cc(Cl)c(Cl)c(C(F)(F)F)c2)c1C(=O)O. The van der Waals surface area contributed by atoms with Crippen molar-refractivity contribution >= 4 is 41.0 Å². The van der Waals surface area contributed by atoms with Crippen molar-refractivity contribution in [3.63, 3.8) is 0 Å². The van der Waals surface area contributed by atoms with Gasteiger partial charge in [-0.05, 0) is 17.7 Å². The van der Waals surface area contributed by atoms with Crippen molar-refractivity contribution in [2.24, 2.45) is 0 Å². The van der Waals surface area contributed by atoms with Crippen LogP contribution in [0, 0.1) is 0 Å². The second-order valence-electron chi connectivity index (χ2n) is 4.92. The van der Waals surface area contributed by atoms with E-state index in [-0.39, 0.29) is 0 Å². The summed E-state index contributed by atoms with van der Waals surface area (Å²) in [6.07, 6.45) is -4.98. The molecule has 26 heavy (non-hydrogen) atoms. The van der Waals surface area contributed by atoms with Crippen LogP contribution in [0.1, 0.15) is 26.3 Å². The van der Waals surface area contributed by atoms with Crippen molar-refractivity contribution in [3.05, 3.63) is 49.2 Å². The number of H-pyrrole nitrogens is 1. The summed E-state index contributed by atoms with van der Waals surface area (Å²) in [7, 11) is 0. The average Bonchev–Trinajstić information content (AvgIpc) is 2.46. The number of aromatic carboxylic acids is 2. The van der Waals surface area contributed by atoms with Crippen molar-refractivity contribution in [1.82, 2.24) is 4.98 Å². The van der Waals surface area contributed by atoms with Crippen molar-refractivity contribution in [3.8, 4) is 11.1 Å². The lowest BCUT2D eigenvalue weighted by atomic mass is 9.94. The molecule has 2 rings (SSSR count). The van der Waals surface area contributed by atoms with E-state index in [9.17, 15) is 37.8 Å². The molecule has 1 heterocycles. The molecule has 138 valence electrons. The molecule has 7 nitrogen and oxygen atoms in total. The van der Waals surface area contributed by atoms with E-state index >= 15 is 0 Å². The molecule has 0 saturated heterocycles. The molecule has 0 fully saturated rings. The molecule has 0 spiro atoms. The molecule has 0 aliphatic heterocycles. The maximum Gasteiger partial charge on any atom is 0.417 e. The highest BCUT2D eigenvalue weighted by Gasteiger charge is 2.36. The number of hydrogen-bond donors (Lipinski definition) is 4. The van der Waals surface area contributed by atoms with Gasteiger partial charge in [0.05, 0.1) is 15.6 Å². The summed E-state index contributed by atoms with van der Waals surface area (Å²) in [6.45, 7) is 0. The number of halogens is 5. The van der Waals surface area contributed by atoms with Gasteiger partial charge in [0, 0.05) is 5.56 Å². The number of hydrogen-bond acceptors (Lipinski definition) is 4. The highest BCUT2D eigenvalue weighted by molar-refractivity contribution is 6.42. The van der Waals surface area contributed by atoms with Gasteiger partial charge in [0.2, 0.25) is 0 Å². The third-order valence-electron chi connectivity index (χ3n) is 3.29. The van der Waals surface area contributed by atoms with E-state index in [2.05, 4.69) is 0 Å². The molecule has 2 aromatic rings. The molecule has 0 amide bonds. The Morgan fingerprint density at radius 2 is 1.62 bits per heavy atom. The van der Waals surface area contributed by atoms with Gasteiger partial charge in [-0.3, -0.25) is 4.79 Å². The minimum absolute atomic E-state index is 0.390. The lowest BCUT2D eigenvalue weighted by Crippen LogP contribution is -2.24. The number of nitrogen functional groups attached to an aromatic ring is 1. The number of benzene rings is 1. The number of nitrogens with two attached hydrogens (primary N) is 1. The molecule has 12 heteroatoms. The van der Waals surface area contributed by atoms with Crippen molar-refractivity contribution in [2.45, 2.75) is 6.18 Å².